The number of benzene rings is 1. The lowest BCUT2D eigenvalue weighted by molar-refractivity contribution is -0.0671. The Morgan fingerprint density at radius 3 is 2.85 bits per heavy atom. The molecule has 3 aliphatic rings. The fraction of sp³-hybridized carbons (Fsp3) is 0.667. The quantitative estimate of drug-likeness (QED) is 0.895. The highest BCUT2D eigenvalue weighted by atomic mass is 19.1. The predicted octanol–water partition coefficient (Wildman–Crippen LogP) is 3.65. The van der Waals surface area contributed by atoms with Crippen molar-refractivity contribution >= 4 is 5.91 Å². The Labute approximate surface area is 155 Å². The van der Waals surface area contributed by atoms with Gasteiger partial charge < -0.3 is 10.0 Å². The Kier molecular flexibility index (Phi) is 4.91. The maximum Gasteiger partial charge on any atom is 0.256 e. The van der Waals surface area contributed by atoms with Gasteiger partial charge in [0.1, 0.15) is 11.6 Å². The normalized spacial score (nSPS) is 31.5. The highest BCUT2D eigenvalue weighted by Crippen LogP contribution is 2.42. The fourth-order valence-electron chi connectivity index (χ4n) is 5.62. The van der Waals surface area contributed by atoms with Gasteiger partial charge in [-0.1, -0.05) is 19.8 Å². The maximum atomic E-state index is 14.2. The number of aromatic hydroxyl groups is 1. The van der Waals surface area contributed by atoms with Gasteiger partial charge in [-0.15, -0.1) is 0 Å². The van der Waals surface area contributed by atoms with Crippen molar-refractivity contribution in [3.63, 3.8) is 0 Å². The number of carbonyl (C=O) groups excluding carboxylic acids is 1. The van der Waals surface area contributed by atoms with Crippen LogP contribution in [0.3, 0.4) is 0 Å². The van der Waals surface area contributed by atoms with E-state index in [0.29, 0.717) is 23.9 Å². The van der Waals surface area contributed by atoms with Crippen LogP contribution in [0.15, 0.2) is 18.2 Å². The van der Waals surface area contributed by atoms with E-state index in [9.17, 15) is 14.3 Å². The highest BCUT2D eigenvalue weighted by Gasteiger charge is 2.47. The van der Waals surface area contributed by atoms with E-state index in [4.69, 9.17) is 0 Å². The number of likely N-dealkylation sites (tertiary alicyclic amines) is 1. The molecule has 0 spiro atoms. The van der Waals surface area contributed by atoms with E-state index in [2.05, 4.69) is 11.8 Å². The van der Waals surface area contributed by atoms with Crippen molar-refractivity contribution in [1.82, 2.24) is 9.80 Å². The molecule has 4 atom stereocenters. The third kappa shape index (κ3) is 3.11. The van der Waals surface area contributed by atoms with Crippen molar-refractivity contribution in [3.8, 4) is 5.75 Å². The van der Waals surface area contributed by atoms with Crippen molar-refractivity contribution in [1.29, 1.82) is 0 Å². The number of phenolic OH excluding ortho intramolecular Hbond substituents is 1. The molecule has 0 saturated carbocycles. The van der Waals surface area contributed by atoms with E-state index in [1.54, 1.807) is 0 Å². The lowest BCUT2D eigenvalue weighted by Crippen LogP contribution is -2.64. The number of rotatable bonds is 3. The van der Waals surface area contributed by atoms with Crippen LogP contribution in [0, 0.1) is 17.7 Å². The average Bonchev–Trinajstić information content (AvgIpc) is 2.64. The monoisotopic (exact) mass is 360 g/mol. The summed E-state index contributed by atoms with van der Waals surface area (Å²) in [4.78, 5) is 17.6. The molecular weight excluding hydrogens is 331 g/mol. The zero-order chi connectivity index (χ0) is 18.3. The zero-order valence-electron chi connectivity index (χ0n) is 15.5. The molecule has 3 saturated heterocycles. The smallest absolute Gasteiger partial charge is 0.256 e. The molecule has 0 radical (unpaired) electrons. The summed E-state index contributed by atoms with van der Waals surface area (Å²) in [6, 6.07) is 4.97. The van der Waals surface area contributed by atoms with E-state index in [1.807, 2.05) is 4.90 Å². The summed E-state index contributed by atoms with van der Waals surface area (Å²) in [6.07, 6.45) is 7.35. The Morgan fingerprint density at radius 1 is 1.27 bits per heavy atom. The third-order valence-corrected chi connectivity index (χ3v) is 6.68. The Hall–Kier alpha value is -1.62. The van der Waals surface area contributed by atoms with Crippen molar-refractivity contribution in [3.05, 3.63) is 29.6 Å². The first-order valence-corrected chi connectivity index (χ1v) is 10.1. The van der Waals surface area contributed by atoms with Crippen LogP contribution in [-0.4, -0.2) is 52.5 Å². The summed E-state index contributed by atoms with van der Waals surface area (Å²) in [5.41, 5.74) is 0.0790. The molecule has 0 aromatic heterocycles. The second-order valence-electron chi connectivity index (χ2n) is 8.29. The standard InChI is InChI=1S/C21H29FN2O2/c1-2-5-19-14-10-15(20-6-3-4-9-24(19)20)13-23(12-14)21(26)17-8-7-16(25)11-18(17)22/h7-8,11,14-15,19-20,25H,2-6,9-10,12-13H2,1H3/t14-,15+,19-,20-/m0/s1. The van der Waals surface area contributed by atoms with Crippen molar-refractivity contribution < 1.29 is 14.3 Å². The van der Waals surface area contributed by atoms with Gasteiger partial charge in [-0.05, 0) is 56.2 Å². The van der Waals surface area contributed by atoms with E-state index in [1.165, 1.54) is 50.8 Å². The lowest BCUT2D eigenvalue weighted by Gasteiger charge is -2.57. The minimum atomic E-state index is -0.630. The highest BCUT2D eigenvalue weighted by molar-refractivity contribution is 5.94. The van der Waals surface area contributed by atoms with Crippen LogP contribution in [0.2, 0.25) is 0 Å². The van der Waals surface area contributed by atoms with Crippen LogP contribution in [-0.2, 0) is 0 Å². The Balaban J connectivity index is 1.58. The summed E-state index contributed by atoms with van der Waals surface area (Å²) in [5, 5.41) is 9.41. The first-order chi connectivity index (χ1) is 12.6. The van der Waals surface area contributed by atoms with Gasteiger partial charge in [-0.2, -0.15) is 0 Å². The van der Waals surface area contributed by atoms with E-state index >= 15 is 0 Å². The number of phenols is 1. The van der Waals surface area contributed by atoms with Gasteiger partial charge >= 0.3 is 0 Å². The van der Waals surface area contributed by atoms with Crippen molar-refractivity contribution in [2.24, 2.45) is 11.8 Å². The van der Waals surface area contributed by atoms with Gasteiger partial charge in [-0.25, -0.2) is 4.39 Å². The largest absolute Gasteiger partial charge is 0.508 e. The van der Waals surface area contributed by atoms with E-state index in [0.717, 1.165) is 25.6 Å². The van der Waals surface area contributed by atoms with Gasteiger partial charge in [0, 0.05) is 31.2 Å². The number of fused-ring (bicyclic) bond motifs is 4. The third-order valence-electron chi connectivity index (χ3n) is 6.68. The number of halogens is 1. The molecule has 3 aliphatic heterocycles. The summed E-state index contributed by atoms with van der Waals surface area (Å²) < 4.78 is 14.2. The minimum absolute atomic E-state index is 0.0790. The van der Waals surface area contributed by atoms with Gasteiger partial charge in [0.25, 0.3) is 5.91 Å². The molecule has 1 amide bonds. The van der Waals surface area contributed by atoms with Gasteiger partial charge in [0.05, 0.1) is 5.56 Å². The number of hydrogen-bond acceptors (Lipinski definition) is 3. The predicted molar refractivity (Wildman–Crippen MR) is 98.6 cm³/mol. The molecule has 0 aliphatic carbocycles. The van der Waals surface area contributed by atoms with Crippen LogP contribution in [0.5, 0.6) is 5.75 Å². The van der Waals surface area contributed by atoms with Crippen LogP contribution in [0.4, 0.5) is 4.39 Å². The molecule has 4 rings (SSSR count). The Morgan fingerprint density at radius 2 is 2.08 bits per heavy atom. The fourth-order valence-corrected chi connectivity index (χ4v) is 5.62. The van der Waals surface area contributed by atoms with Crippen LogP contribution in [0.1, 0.15) is 55.8 Å². The van der Waals surface area contributed by atoms with E-state index in [-0.39, 0.29) is 17.2 Å². The molecule has 3 heterocycles. The molecule has 4 nitrogen and oxygen atoms in total. The second kappa shape index (κ2) is 7.18. The molecule has 2 bridgehead atoms. The lowest BCUT2D eigenvalue weighted by atomic mass is 9.71. The molecule has 1 aromatic carbocycles. The second-order valence-corrected chi connectivity index (χ2v) is 8.29. The van der Waals surface area contributed by atoms with Crippen LogP contribution < -0.4 is 0 Å². The summed E-state index contributed by atoms with van der Waals surface area (Å²) in [7, 11) is 0. The topological polar surface area (TPSA) is 43.8 Å². The van der Waals surface area contributed by atoms with Gasteiger partial charge in [-0.3, -0.25) is 9.69 Å². The minimum Gasteiger partial charge on any atom is -0.508 e. The van der Waals surface area contributed by atoms with Crippen LogP contribution in [0.25, 0.3) is 0 Å². The number of carbonyl (C=O) groups is 1. The number of amides is 1. The molecule has 142 valence electrons. The zero-order valence-corrected chi connectivity index (χ0v) is 15.5. The summed E-state index contributed by atoms with van der Waals surface area (Å²) >= 11 is 0. The average molecular weight is 360 g/mol. The molecule has 0 unspecified atom stereocenters. The summed E-state index contributed by atoms with van der Waals surface area (Å²) in [5.74, 6) is 0.000668. The number of nitrogens with zero attached hydrogens (tertiary/aromatic N) is 2. The number of hydrogen-bond donors (Lipinski definition) is 1. The molecule has 5 heteroatoms. The molecule has 1 N–H and O–H groups in total. The summed E-state index contributed by atoms with van der Waals surface area (Å²) in [6.45, 7) is 4.89. The molecule has 1 aromatic rings. The number of piperidine rings is 3. The Bertz CT molecular complexity index is 680. The molecular formula is C21H29FN2O2. The first-order valence-electron chi connectivity index (χ1n) is 10.1. The van der Waals surface area contributed by atoms with Gasteiger partial charge in [0.2, 0.25) is 0 Å². The molecule has 3 fully saturated rings. The van der Waals surface area contributed by atoms with E-state index < -0.39 is 5.82 Å². The van der Waals surface area contributed by atoms with Crippen molar-refractivity contribution in [2.45, 2.75) is 57.5 Å². The van der Waals surface area contributed by atoms with Crippen LogP contribution >= 0.6 is 0 Å². The first kappa shape index (κ1) is 17.8. The SMILES string of the molecule is CCC[C@H]1[C@H]2C[C@H](CN(C(=O)c3ccc(O)cc3F)C2)[C@@H]2CCCCN21. The van der Waals surface area contributed by atoms with Gasteiger partial charge in [0.15, 0.2) is 0 Å². The van der Waals surface area contributed by atoms with Crippen molar-refractivity contribution in [2.75, 3.05) is 19.6 Å². The molecule has 26 heavy (non-hydrogen) atoms. The maximum absolute atomic E-state index is 14.2.